The molecule has 0 aromatic rings. The average Bonchev–Trinajstić information content (AvgIpc) is 2.63. The lowest BCUT2D eigenvalue weighted by Crippen LogP contribution is -2.52. The number of alkyl carbamates (subject to hydrolysis) is 1. The zero-order chi connectivity index (χ0) is 24.0. The second-order valence-electron chi connectivity index (χ2n) is 7.68. The summed E-state index contributed by atoms with van der Waals surface area (Å²) in [7, 11) is 1.21. The minimum atomic E-state index is -0.978. The minimum Gasteiger partial charge on any atom is -0.467 e. The number of aliphatic imine (C=N–C) groups is 2. The Labute approximate surface area is 182 Å². The summed E-state index contributed by atoms with van der Waals surface area (Å²) >= 11 is 0. The van der Waals surface area contributed by atoms with Crippen LogP contribution in [0.2, 0.25) is 0 Å². The average molecular weight is 445 g/mol. The zero-order valence-electron chi connectivity index (χ0n) is 18.6. The van der Waals surface area contributed by atoms with Crippen molar-refractivity contribution < 1.29 is 23.9 Å². The van der Waals surface area contributed by atoms with Crippen molar-refractivity contribution in [2.45, 2.75) is 64.1 Å². The Balaban J connectivity index is 5.17. The molecule has 2 amide bonds. The van der Waals surface area contributed by atoms with Gasteiger partial charge < -0.3 is 43.0 Å². The van der Waals surface area contributed by atoms with Gasteiger partial charge in [0.15, 0.2) is 11.9 Å². The molecule has 13 heteroatoms. The first-order valence-corrected chi connectivity index (χ1v) is 9.84. The predicted molar refractivity (Wildman–Crippen MR) is 117 cm³/mol. The number of hydrogen-bond acceptors (Lipinski definition) is 7. The van der Waals surface area contributed by atoms with E-state index in [4.69, 9.17) is 32.4 Å². The van der Waals surface area contributed by atoms with Crippen LogP contribution in [0.3, 0.4) is 0 Å². The maximum atomic E-state index is 12.8. The molecule has 0 aliphatic heterocycles. The fraction of sp³-hybridized carbons (Fsp3) is 0.722. The van der Waals surface area contributed by atoms with E-state index < -0.39 is 35.7 Å². The van der Waals surface area contributed by atoms with E-state index in [0.29, 0.717) is 12.8 Å². The van der Waals surface area contributed by atoms with Crippen LogP contribution in [0.15, 0.2) is 9.98 Å². The summed E-state index contributed by atoms with van der Waals surface area (Å²) in [6.45, 7) is 5.64. The normalized spacial score (nSPS) is 12.6. The Kier molecular flexibility index (Phi) is 12.4. The van der Waals surface area contributed by atoms with E-state index in [-0.39, 0.29) is 37.9 Å². The second kappa shape index (κ2) is 13.9. The Morgan fingerprint density at radius 2 is 1.35 bits per heavy atom. The lowest BCUT2D eigenvalue weighted by atomic mass is 10.1. The standard InChI is InChI=1S/C18H36N8O5/c1-18(2,3)31-17(29)26-11(7-5-9-23-15(19)20)13(27)25-12(14(28)30-4)8-6-10-24-16(21)22/h11-12H,5-10H2,1-4H3,(H,25,27)(H,26,29)(H4,19,20,23)(H4,21,22,24)/t11-,12-/m0/s1. The van der Waals surface area contributed by atoms with Crippen LogP contribution in [0.1, 0.15) is 46.5 Å². The number of nitrogens with two attached hydrogens (primary N) is 4. The Hall–Kier alpha value is -3.25. The second-order valence-corrected chi connectivity index (χ2v) is 7.68. The van der Waals surface area contributed by atoms with Gasteiger partial charge in [0.2, 0.25) is 5.91 Å². The SMILES string of the molecule is COC(=O)[C@H](CCCN=C(N)N)NC(=O)[C@H](CCCN=C(N)N)NC(=O)OC(C)(C)C. The molecular formula is C18H36N8O5. The number of nitrogens with one attached hydrogen (secondary N) is 2. The summed E-state index contributed by atoms with van der Waals surface area (Å²) < 4.78 is 9.96. The van der Waals surface area contributed by atoms with E-state index in [9.17, 15) is 14.4 Å². The molecule has 31 heavy (non-hydrogen) atoms. The van der Waals surface area contributed by atoms with Crippen molar-refractivity contribution in [2.24, 2.45) is 32.9 Å². The number of methoxy groups -OCH3 is 1. The highest BCUT2D eigenvalue weighted by Crippen LogP contribution is 2.09. The quantitative estimate of drug-likeness (QED) is 0.0903. The van der Waals surface area contributed by atoms with Crippen LogP contribution in [-0.2, 0) is 19.1 Å². The number of guanidine groups is 2. The summed E-state index contributed by atoms with van der Waals surface area (Å²) in [5.74, 6) is -1.35. The van der Waals surface area contributed by atoms with Crippen molar-refractivity contribution in [2.75, 3.05) is 20.2 Å². The number of esters is 1. The van der Waals surface area contributed by atoms with Gasteiger partial charge in [-0.3, -0.25) is 14.8 Å². The van der Waals surface area contributed by atoms with Crippen molar-refractivity contribution in [3.8, 4) is 0 Å². The van der Waals surface area contributed by atoms with Crippen LogP contribution in [0, 0.1) is 0 Å². The molecule has 0 aliphatic carbocycles. The minimum absolute atomic E-state index is 0.0685. The van der Waals surface area contributed by atoms with E-state index in [1.165, 1.54) is 7.11 Å². The van der Waals surface area contributed by atoms with Crippen molar-refractivity contribution in [1.29, 1.82) is 0 Å². The largest absolute Gasteiger partial charge is 0.467 e. The molecule has 13 nitrogen and oxygen atoms in total. The molecule has 0 saturated heterocycles. The highest BCUT2D eigenvalue weighted by atomic mass is 16.6. The summed E-state index contributed by atoms with van der Waals surface area (Å²) in [5, 5.41) is 5.11. The van der Waals surface area contributed by atoms with Crippen molar-refractivity contribution in [1.82, 2.24) is 10.6 Å². The maximum Gasteiger partial charge on any atom is 0.408 e. The van der Waals surface area contributed by atoms with Gasteiger partial charge in [0.1, 0.15) is 17.7 Å². The third kappa shape index (κ3) is 14.4. The first-order chi connectivity index (χ1) is 14.4. The summed E-state index contributed by atoms with van der Waals surface area (Å²) in [5.41, 5.74) is 20.4. The Morgan fingerprint density at radius 1 is 0.871 bits per heavy atom. The first-order valence-electron chi connectivity index (χ1n) is 9.84. The molecule has 0 radical (unpaired) electrons. The molecule has 0 heterocycles. The fourth-order valence-corrected chi connectivity index (χ4v) is 2.39. The third-order valence-corrected chi connectivity index (χ3v) is 3.70. The van der Waals surface area contributed by atoms with E-state index in [2.05, 4.69) is 20.6 Å². The topological polar surface area (TPSA) is 223 Å². The van der Waals surface area contributed by atoms with E-state index in [0.717, 1.165) is 0 Å². The summed E-state index contributed by atoms with van der Waals surface area (Å²) in [6.07, 6.45) is 0.509. The van der Waals surface area contributed by atoms with E-state index in [1.54, 1.807) is 20.8 Å². The van der Waals surface area contributed by atoms with Gasteiger partial charge in [-0.05, 0) is 46.5 Å². The number of hydrogen-bond donors (Lipinski definition) is 6. The molecule has 0 aromatic heterocycles. The van der Waals surface area contributed by atoms with Gasteiger partial charge in [0.05, 0.1) is 7.11 Å². The molecular weight excluding hydrogens is 408 g/mol. The molecule has 2 atom stereocenters. The van der Waals surface area contributed by atoms with Crippen molar-refractivity contribution >= 4 is 29.9 Å². The van der Waals surface area contributed by atoms with Crippen LogP contribution >= 0.6 is 0 Å². The molecule has 0 rings (SSSR count). The fourth-order valence-electron chi connectivity index (χ4n) is 2.39. The van der Waals surface area contributed by atoms with Gasteiger partial charge in [0, 0.05) is 13.1 Å². The van der Waals surface area contributed by atoms with Crippen LogP contribution in [0.4, 0.5) is 4.79 Å². The number of amides is 2. The van der Waals surface area contributed by atoms with Crippen LogP contribution in [-0.4, -0.2) is 67.8 Å². The molecule has 178 valence electrons. The van der Waals surface area contributed by atoms with Crippen molar-refractivity contribution in [3.63, 3.8) is 0 Å². The third-order valence-electron chi connectivity index (χ3n) is 3.70. The van der Waals surface area contributed by atoms with E-state index >= 15 is 0 Å². The Morgan fingerprint density at radius 3 is 1.77 bits per heavy atom. The molecule has 0 aromatic carbocycles. The van der Waals surface area contributed by atoms with Gasteiger partial charge in [-0.2, -0.15) is 0 Å². The number of ether oxygens (including phenoxy) is 2. The molecule has 0 bridgehead atoms. The zero-order valence-corrected chi connectivity index (χ0v) is 18.6. The summed E-state index contributed by atoms with van der Waals surface area (Å²) in [4.78, 5) is 44.7. The van der Waals surface area contributed by atoms with Gasteiger partial charge in [0.25, 0.3) is 0 Å². The number of nitrogens with zero attached hydrogens (tertiary/aromatic N) is 2. The molecule has 0 spiro atoms. The smallest absolute Gasteiger partial charge is 0.408 e. The van der Waals surface area contributed by atoms with Crippen LogP contribution < -0.4 is 33.6 Å². The number of carbonyl (C=O) groups is 3. The molecule has 0 unspecified atom stereocenters. The van der Waals surface area contributed by atoms with E-state index in [1.807, 2.05) is 0 Å². The highest BCUT2D eigenvalue weighted by Gasteiger charge is 2.28. The molecule has 0 fully saturated rings. The van der Waals surface area contributed by atoms with Gasteiger partial charge >= 0.3 is 12.1 Å². The van der Waals surface area contributed by atoms with Crippen molar-refractivity contribution in [3.05, 3.63) is 0 Å². The highest BCUT2D eigenvalue weighted by molar-refractivity contribution is 5.89. The van der Waals surface area contributed by atoms with Gasteiger partial charge in [-0.1, -0.05) is 0 Å². The van der Waals surface area contributed by atoms with Crippen LogP contribution in [0.25, 0.3) is 0 Å². The monoisotopic (exact) mass is 444 g/mol. The lowest BCUT2D eigenvalue weighted by molar-refractivity contribution is -0.145. The molecule has 0 aliphatic rings. The lowest BCUT2D eigenvalue weighted by Gasteiger charge is -2.24. The molecule has 0 saturated carbocycles. The summed E-state index contributed by atoms with van der Waals surface area (Å²) in [6, 6.07) is -1.92. The maximum absolute atomic E-state index is 12.8. The number of carbonyl (C=O) groups excluding carboxylic acids is 3. The predicted octanol–water partition coefficient (Wildman–Crippen LogP) is -1.36. The molecule has 10 N–H and O–H groups in total. The number of rotatable bonds is 12. The first kappa shape index (κ1) is 27.8. The Bertz CT molecular complexity index is 652. The van der Waals surface area contributed by atoms with Crippen LogP contribution in [0.5, 0.6) is 0 Å². The van der Waals surface area contributed by atoms with Gasteiger partial charge in [-0.25, -0.2) is 9.59 Å². The van der Waals surface area contributed by atoms with Gasteiger partial charge in [-0.15, -0.1) is 0 Å².